The summed E-state index contributed by atoms with van der Waals surface area (Å²) in [7, 11) is 0. The van der Waals surface area contributed by atoms with Crippen LogP contribution in [-0.4, -0.2) is 19.4 Å². The van der Waals surface area contributed by atoms with Crippen LogP contribution in [0.15, 0.2) is 73.1 Å². The fraction of sp³-hybridized carbons (Fsp3) is 0.160. The summed E-state index contributed by atoms with van der Waals surface area (Å²) in [6.45, 7) is 3.60. The molecule has 0 aliphatic heterocycles. The van der Waals surface area contributed by atoms with Crippen LogP contribution in [0.3, 0.4) is 0 Å². The number of aromatic nitrogens is 4. The van der Waals surface area contributed by atoms with Gasteiger partial charge in [-0.05, 0) is 43.2 Å². The van der Waals surface area contributed by atoms with Gasteiger partial charge in [0.15, 0.2) is 5.65 Å². The van der Waals surface area contributed by atoms with Gasteiger partial charge in [0.05, 0.1) is 10.9 Å². The Labute approximate surface area is 188 Å². The van der Waals surface area contributed by atoms with Gasteiger partial charge < -0.3 is 5.32 Å². The zero-order chi connectivity index (χ0) is 23.2. The van der Waals surface area contributed by atoms with Crippen molar-refractivity contribution in [3.63, 3.8) is 0 Å². The first-order valence-electron chi connectivity index (χ1n) is 10.4. The van der Waals surface area contributed by atoms with Gasteiger partial charge in [0.2, 0.25) is 0 Å². The Morgan fingerprint density at radius 1 is 0.939 bits per heavy atom. The number of fused-ring (bicyclic) bond motifs is 3. The summed E-state index contributed by atoms with van der Waals surface area (Å²) in [5.74, 6) is 1.10. The van der Waals surface area contributed by atoms with Gasteiger partial charge in [-0.15, -0.1) is 0 Å². The van der Waals surface area contributed by atoms with Crippen LogP contribution in [0.1, 0.15) is 29.9 Å². The van der Waals surface area contributed by atoms with Crippen molar-refractivity contribution in [2.45, 2.75) is 26.1 Å². The summed E-state index contributed by atoms with van der Waals surface area (Å²) < 4.78 is 41.5. The molecule has 0 radical (unpaired) electrons. The summed E-state index contributed by atoms with van der Waals surface area (Å²) >= 11 is 0. The highest BCUT2D eigenvalue weighted by Crippen LogP contribution is 2.34. The highest BCUT2D eigenvalue weighted by atomic mass is 19.4. The average molecular weight is 447 g/mol. The molecule has 1 N–H and O–H groups in total. The fourth-order valence-corrected chi connectivity index (χ4v) is 3.98. The highest BCUT2D eigenvalue weighted by molar-refractivity contribution is 5.95. The van der Waals surface area contributed by atoms with E-state index in [9.17, 15) is 13.2 Å². The van der Waals surface area contributed by atoms with Gasteiger partial charge in [-0.1, -0.05) is 42.5 Å². The molecular formula is C25H20F3N5. The van der Waals surface area contributed by atoms with Crippen LogP contribution < -0.4 is 5.32 Å². The Bertz CT molecular complexity index is 1460. The second-order valence-electron chi connectivity index (χ2n) is 7.89. The largest absolute Gasteiger partial charge is 0.416 e. The van der Waals surface area contributed by atoms with E-state index < -0.39 is 17.8 Å². The maximum Gasteiger partial charge on any atom is 0.416 e. The number of imidazole rings is 1. The van der Waals surface area contributed by atoms with Crippen LogP contribution in [0.5, 0.6) is 0 Å². The molecule has 0 saturated heterocycles. The number of benzene rings is 2. The van der Waals surface area contributed by atoms with Gasteiger partial charge in [-0.3, -0.25) is 4.40 Å². The van der Waals surface area contributed by atoms with Gasteiger partial charge in [0.25, 0.3) is 0 Å². The van der Waals surface area contributed by atoms with Crippen LogP contribution >= 0.6 is 0 Å². The second kappa shape index (κ2) is 7.88. The zero-order valence-corrected chi connectivity index (χ0v) is 17.9. The lowest BCUT2D eigenvalue weighted by Crippen LogP contribution is -2.12. The smallest absolute Gasteiger partial charge is 0.363 e. The Morgan fingerprint density at radius 2 is 1.73 bits per heavy atom. The SMILES string of the molecule is Cc1nc(N[C@H](C)c2cccc(C(F)(F)F)c2)c2cc(-c3ccccc3)c3nccn3c2n1. The number of anilines is 1. The topological polar surface area (TPSA) is 55.1 Å². The maximum atomic E-state index is 13.2. The maximum absolute atomic E-state index is 13.2. The molecule has 0 spiro atoms. The number of hydrogen-bond donors (Lipinski definition) is 1. The van der Waals surface area contributed by atoms with Crippen molar-refractivity contribution in [2.75, 3.05) is 5.32 Å². The highest BCUT2D eigenvalue weighted by Gasteiger charge is 2.30. The molecule has 5 nitrogen and oxygen atoms in total. The van der Waals surface area contributed by atoms with E-state index >= 15 is 0 Å². The van der Waals surface area contributed by atoms with Crippen molar-refractivity contribution in [1.82, 2.24) is 19.4 Å². The van der Waals surface area contributed by atoms with Crippen LogP contribution in [0.25, 0.3) is 27.8 Å². The van der Waals surface area contributed by atoms with E-state index in [1.54, 1.807) is 19.2 Å². The third-order valence-electron chi connectivity index (χ3n) is 5.59. The summed E-state index contributed by atoms with van der Waals surface area (Å²) in [4.78, 5) is 13.7. The lowest BCUT2D eigenvalue weighted by atomic mass is 10.0. The molecule has 2 aromatic carbocycles. The number of halogens is 3. The summed E-state index contributed by atoms with van der Waals surface area (Å²) in [6, 6.07) is 16.8. The number of hydrogen-bond acceptors (Lipinski definition) is 4. The summed E-state index contributed by atoms with van der Waals surface area (Å²) in [6.07, 6.45) is -0.834. The number of nitrogens with one attached hydrogen (secondary N) is 1. The van der Waals surface area contributed by atoms with E-state index in [0.717, 1.165) is 34.3 Å². The number of aryl methyl sites for hydroxylation is 1. The molecule has 0 unspecified atom stereocenters. The molecule has 0 aliphatic rings. The lowest BCUT2D eigenvalue weighted by Gasteiger charge is -2.19. The van der Waals surface area contributed by atoms with Crippen LogP contribution in [0.4, 0.5) is 19.0 Å². The van der Waals surface area contributed by atoms with Crippen LogP contribution in [0, 0.1) is 6.92 Å². The molecule has 0 fully saturated rings. The zero-order valence-electron chi connectivity index (χ0n) is 17.9. The number of rotatable bonds is 4. The molecule has 3 aromatic heterocycles. The third kappa shape index (κ3) is 3.88. The minimum absolute atomic E-state index is 0.413. The van der Waals surface area contributed by atoms with Crippen molar-refractivity contribution in [1.29, 1.82) is 0 Å². The number of alkyl halides is 3. The molecule has 5 aromatic rings. The van der Waals surface area contributed by atoms with E-state index in [-0.39, 0.29) is 0 Å². The monoisotopic (exact) mass is 447 g/mol. The minimum Gasteiger partial charge on any atom is -0.363 e. The molecule has 0 saturated carbocycles. The van der Waals surface area contributed by atoms with E-state index in [4.69, 9.17) is 0 Å². The van der Waals surface area contributed by atoms with E-state index in [0.29, 0.717) is 22.9 Å². The van der Waals surface area contributed by atoms with E-state index in [1.165, 1.54) is 6.07 Å². The normalized spacial score (nSPS) is 12.9. The standard InChI is InChI=1S/C25H20F3N5/c1-15(18-9-6-10-19(13-18)25(26,27)28)30-22-21-14-20(17-7-4-3-5-8-17)23-29-11-12-33(23)24(21)32-16(2)31-22/h3-15H,1-2H3,(H,30,31,32)/t15-/m1/s1. The van der Waals surface area contributed by atoms with Crippen LogP contribution in [0.2, 0.25) is 0 Å². The predicted octanol–water partition coefficient (Wildman–Crippen LogP) is 6.44. The molecule has 0 aliphatic carbocycles. The van der Waals surface area contributed by atoms with Crippen molar-refractivity contribution in [3.8, 4) is 11.1 Å². The van der Waals surface area contributed by atoms with Crippen molar-refractivity contribution < 1.29 is 13.2 Å². The molecule has 1 atom stereocenters. The van der Waals surface area contributed by atoms with Gasteiger partial charge >= 0.3 is 6.18 Å². The predicted molar refractivity (Wildman–Crippen MR) is 122 cm³/mol. The lowest BCUT2D eigenvalue weighted by molar-refractivity contribution is -0.137. The molecule has 3 heterocycles. The molecule has 0 amide bonds. The first-order valence-corrected chi connectivity index (χ1v) is 10.4. The Hall–Kier alpha value is -3.94. The van der Waals surface area contributed by atoms with Gasteiger partial charge in [-0.2, -0.15) is 13.2 Å². The first kappa shape index (κ1) is 20.9. The van der Waals surface area contributed by atoms with Gasteiger partial charge in [0.1, 0.15) is 17.3 Å². The minimum atomic E-state index is -4.40. The third-order valence-corrected chi connectivity index (χ3v) is 5.59. The Morgan fingerprint density at radius 3 is 2.48 bits per heavy atom. The molecule has 0 bridgehead atoms. The molecule has 166 valence electrons. The van der Waals surface area contributed by atoms with Crippen molar-refractivity contribution in [3.05, 3.63) is 90.0 Å². The van der Waals surface area contributed by atoms with Crippen molar-refractivity contribution >= 4 is 22.5 Å². The Balaban J connectivity index is 1.64. The molecule has 5 rings (SSSR count). The molecule has 33 heavy (non-hydrogen) atoms. The average Bonchev–Trinajstić information content (AvgIpc) is 3.29. The van der Waals surface area contributed by atoms with E-state index in [1.807, 2.05) is 53.9 Å². The second-order valence-corrected chi connectivity index (χ2v) is 7.89. The molecular weight excluding hydrogens is 427 g/mol. The molecule has 8 heteroatoms. The van der Waals surface area contributed by atoms with Crippen molar-refractivity contribution in [2.24, 2.45) is 0 Å². The van der Waals surface area contributed by atoms with Gasteiger partial charge in [-0.25, -0.2) is 15.0 Å². The fourth-order valence-electron chi connectivity index (χ4n) is 3.98. The van der Waals surface area contributed by atoms with Gasteiger partial charge in [0, 0.05) is 24.0 Å². The first-order chi connectivity index (χ1) is 15.8. The Kier molecular flexibility index (Phi) is 5.00. The number of nitrogens with zero attached hydrogens (tertiary/aromatic N) is 4. The van der Waals surface area contributed by atoms with Crippen LogP contribution in [-0.2, 0) is 6.18 Å². The summed E-state index contributed by atoms with van der Waals surface area (Å²) in [5.41, 5.74) is 3.19. The number of pyridine rings is 1. The van der Waals surface area contributed by atoms with E-state index in [2.05, 4.69) is 20.3 Å². The quantitative estimate of drug-likeness (QED) is 0.344. The summed E-state index contributed by atoms with van der Waals surface area (Å²) in [5, 5.41) is 4.06.